The number of esters is 1. The van der Waals surface area contributed by atoms with E-state index in [4.69, 9.17) is 32.6 Å². The van der Waals surface area contributed by atoms with E-state index in [0.29, 0.717) is 6.42 Å². The second kappa shape index (κ2) is 43.7. The zero-order chi connectivity index (χ0) is 55.0. The maximum Gasteiger partial charge on any atom is 1.00 e. The van der Waals surface area contributed by atoms with Crippen LogP contribution < -0.4 is 34.9 Å². The van der Waals surface area contributed by atoms with Gasteiger partial charge in [-0.1, -0.05) is 258 Å². The van der Waals surface area contributed by atoms with E-state index in [2.05, 4.69) is 25.2 Å². The molecular weight excluding hydrogens is 1020 g/mol. The summed E-state index contributed by atoms with van der Waals surface area (Å²) >= 11 is 0. The Morgan fingerprint density at radius 1 is 0.603 bits per heavy atom. The van der Waals surface area contributed by atoms with E-state index in [1.807, 2.05) is 97.1 Å². The van der Waals surface area contributed by atoms with E-state index in [1.54, 1.807) is 0 Å². The fraction of sp³-hybridized carbons (Fsp3) is 0.651. The molecule has 0 bridgehead atoms. The Morgan fingerprint density at radius 3 is 1.55 bits per heavy atom. The van der Waals surface area contributed by atoms with Crippen LogP contribution in [0.3, 0.4) is 0 Å². The summed E-state index contributed by atoms with van der Waals surface area (Å²) in [7, 11) is -5.42. The first-order valence-electron chi connectivity index (χ1n) is 29.5. The van der Waals surface area contributed by atoms with Gasteiger partial charge in [0.1, 0.15) is 18.3 Å². The SMILES string of the molecule is CCCCCCCCCCCCC/C=C/[C@@H](OCc1ccccc1)[C@H](CO[C@@H]1O[C@@H](COCc2ccccc2)[C@@H](OC(C)=O)[C@H](OS(=O)(=O)[O-])[C@@H]1OCc1ccccc1)NC(=O)CCCCCCCCCCCCCCC.[Na+]. The normalized spacial score (nSPS) is 18.3. The van der Waals surface area contributed by atoms with E-state index >= 15 is 0 Å². The van der Waals surface area contributed by atoms with Crippen molar-refractivity contribution in [3.63, 3.8) is 0 Å². The summed E-state index contributed by atoms with van der Waals surface area (Å²) in [5.41, 5.74) is 2.53. The average molecular weight is 1110 g/mol. The maximum atomic E-state index is 14.1. The number of unbranched alkanes of at least 4 members (excludes halogenated alkanes) is 23. The molecule has 1 aliphatic heterocycles. The summed E-state index contributed by atoms with van der Waals surface area (Å²) in [5, 5.41) is 3.25. The molecular formula is C63H96NNaO12S. The van der Waals surface area contributed by atoms with Gasteiger partial charge in [-0.05, 0) is 36.0 Å². The number of benzene rings is 3. The molecule has 0 unspecified atom stereocenters. The predicted molar refractivity (Wildman–Crippen MR) is 303 cm³/mol. The smallest absolute Gasteiger partial charge is 0.726 e. The number of hydrogen-bond donors (Lipinski definition) is 1. The number of carbonyl (C=O) groups excluding carboxylic acids is 2. The number of ether oxygens (including phenoxy) is 6. The van der Waals surface area contributed by atoms with Crippen molar-refractivity contribution in [3.05, 3.63) is 120 Å². The standard InChI is InChI=1S/C63H97NO12S.Na/c1-4-6-8-10-12-14-16-18-20-22-24-26-37-45-57(71-48-54-41-33-29-34-42-54)56(64-59(66)46-38-27-25-23-21-19-17-15-13-11-9-7-5-2)50-73-63-62(72-49-55-43-35-30-36-44-55)61(76-77(67,68)69)60(74-52(3)65)58(75-63)51-70-47-53-39-31-28-32-40-53;/h28-37,39-45,56-58,60-63H,4-27,38,46-51H2,1-3H3,(H,64,66)(H,67,68,69);/q;+1/p-1/b45-37+;/t56-,57+,58-,60+,61-,62-,63+;/m0./s1. The molecule has 4 rings (SSSR count). The van der Waals surface area contributed by atoms with Crippen LogP contribution in [-0.2, 0) is 72.4 Å². The van der Waals surface area contributed by atoms with Gasteiger partial charge in [-0.2, -0.15) is 0 Å². The van der Waals surface area contributed by atoms with E-state index < -0.39 is 59.2 Å². The van der Waals surface area contributed by atoms with Gasteiger partial charge in [0.15, 0.2) is 12.4 Å². The topological polar surface area (TPSA) is 168 Å². The van der Waals surface area contributed by atoms with Crippen LogP contribution in [0.15, 0.2) is 103 Å². The summed E-state index contributed by atoms with van der Waals surface area (Å²) in [5.74, 6) is -0.926. The van der Waals surface area contributed by atoms with Crippen molar-refractivity contribution < 1.29 is 84.7 Å². The molecule has 1 amide bonds. The maximum absolute atomic E-state index is 14.1. The Hall–Kier alpha value is -2.99. The molecule has 432 valence electrons. The van der Waals surface area contributed by atoms with E-state index in [0.717, 1.165) is 61.6 Å². The molecule has 3 aromatic rings. The molecule has 1 N–H and O–H groups in total. The third-order valence-corrected chi connectivity index (χ3v) is 14.5. The number of rotatable bonds is 45. The van der Waals surface area contributed by atoms with Crippen molar-refractivity contribution in [3.8, 4) is 0 Å². The Bertz CT molecular complexity index is 2090. The predicted octanol–water partition coefficient (Wildman–Crippen LogP) is 11.1. The largest absolute Gasteiger partial charge is 1.00 e. The quantitative estimate of drug-likeness (QED) is 0.0142. The monoisotopic (exact) mass is 1110 g/mol. The number of nitrogens with one attached hydrogen (secondary N) is 1. The summed E-state index contributed by atoms with van der Waals surface area (Å²) in [6, 6.07) is 27.6. The van der Waals surface area contributed by atoms with Crippen LogP contribution in [0.5, 0.6) is 0 Å². The van der Waals surface area contributed by atoms with Crippen LogP contribution >= 0.6 is 0 Å². The number of amides is 1. The minimum Gasteiger partial charge on any atom is -0.726 e. The zero-order valence-corrected chi connectivity index (χ0v) is 50.9. The van der Waals surface area contributed by atoms with Gasteiger partial charge in [0.2, 0.25) is 16.3 Å². The molecule has 13 nitrogen and oxygen atoms in total. The van der Waals surface area contributed by atoms with Gasteiger partial charge >= 0.3 is 35.5 Å². The summed E-state index contributed by atoms with van der Waals surface area (Å²) < 4.78 is 81.1. The van der Waals surface area contributed by atoms with Gasteiger partial charge in [0, 0.05) is 13.3 Å². The van der Waals surface area contributed by atoms with Crippen LogP contribution in [0.2, 0.25) is 0 Å². The van der Waals surface area contributed by atoms with Gasteiger partial charge in [-0.15, -0.1) is 0 Å². The molecule has 0 aromatic heterocycles. The molecule has 1 fully saturated rings. The number of allylic oxidation sites excluding steroid dienone is 1. The Labute approximate surface area is 492 Å². The van der Waals surface area contributed by atoms with Crippen molar-refractivity contribution >= 4 is 22.3 Å². The molecule has 0 spiro atoms. The molecule has 78 heavy (non-hydrogen) atoms. The van der Waals surface area contributed by atoms with Crippen molar-refractivity contribution in [2.45, 2.75) is 250 Å². The third-order valence-electron chi connectivity index (χ3n) is 14.1. The Kier molecular flexibility index (Phi) is 38.8. The summed E-state index contributed by atoms with van der Waals surface area (Å²) in [6.07, 6.45) is 26.6. The first kappa shape index (κ1) is 69.3. The molecule has 0 aliphatic carbocycles. The fourth-order valence-electron chi connectivity index (χ4n) is 9.76. The van der Waals surface area contributed by atoms with E-state index in [9.17, 15) is 22.6 Å². The van der Waals surface area contributed by atoms with Crippen molar-refractivity contribution in [1.82, 2.24) is 5.32 Å². The molecule has 1 heterocycles. The molecule has 3 aromatic carbocycles. The van der Waals surface area contributed by atoms with Crippen LogP contribution in [0.4, 0.5) is 0 Å². The number of hydrogen-bond acceptors (Lipinski definition) is 12. The van der Waals surface area contributed by atoms with Crippen LogP contribution in [-0.4, -0.2) is 80.9 Å². The van der Waals surface area contributed by atoms with Gasteiger partial charge in [0.25, 0.3) is 0 Å². The minimum atomic E-state index is -5.42. The Balaban J connectivity index is 0.0000160. The molecule has 15 heteroatoms. The Morgan fingerprint density at radius 2 is 1.06 bits per heavy atom. The van der Waals surface area contributed by atoms with Gasteiger partial charge in [-0.25, -0.2) is 8.42 Å². The van der Waals surface area contributed by atoms with Crippen molar-refractivity contribution in [2.75, 3.05) is 13.2 Å². The van der Waals surface area contributed by atoms with E-state index in [1.165, 1.54) is 122 Å². The summed E-state index contributed by atoms with van der Waals surface area (Å²) in [4.78, 5) is 26.7. The fourth-order valence-corrected chi connectivity index (χ4v) is 10.3. The third kappa shape index (κ3) is 31.9. The second-order valence-corrected chi connectivity index (χ2v) is 21.9. The number of carbonyl (C=O) groups is 2. The minimum absolute atomic E-state index is 0. The molecule has 1 saturated heterocycles. The van der Waals surface area contributed by atoms with Crippen LogP contribution in [0.1, 0.15) is 204 Å². The van der Waals surface area contributed by atoms with Crippen LogP contribution in [0, 0.1) is 0 Å². The van der Waals surface area contributed by atoms with Gasteiger partial charge < -0.3 is 38.3 Å². The van der Waals surface area contributed by atoms with Crippen molar-refractivity contribution in [2.24, 2.45) is 0 Å². The van der Waals surface area contributed by atoms with Crippen molar-refractivity contribution in [1.29, 1.82) is 0 Å². The first-order valence-corrected chi connectivity index (χ1v) is 30.9. The second-order valence-electron chi connectivity index (χ2n) is 20.9. The molecule has 1 aliphatic rings. The average Bonchev–Trinajstić information content (AvgIpc) is 3.43. The van der Waals surface area contributed by atoms with E-state index in [-0.39, 0.29) is 68.5 Å². The summed E-state index contributed by atoms with van der Waals surface area (Å²) in [6.45, 7) is 5.61. The van der Waals surface area contributed by atoms with Gasteiger partial charge in [0.05, 0.1) is 45.2 Å². The van der Waals surface area contributed by atoms with Gasteiger partial charge in [-0.3, -0.25) is 13.8 Å². The molecule has 7 atom stereocenters. The molecule has 0 radical (unpaired) electrons. The zero-order valence-electron chi connectivity index (χ0n) is 48.1. The molecule has 0 saturated carbocycles. The van der Waals surface area contributed by atoms with Crippen LogP contribution in [0.25, 0.3) is 0 Å². The first-order chi connectivity index (χ1) is 37.6.